The summed E-state index contributed by atoms with van der Waals surface area (Å²) in [5, 5.41) is 14.4. The Morgan fingerprint density at radius 2 is 1.94 bits per heavy atom. The van der Waals surface area contributed by atoms with Gasteiger partial charge in [-0.25, -0.2) is 4.79 Å². The van der Waals surface area contributed by atoms with Gasteiger partial charge in [-0.1, -0.05) is 30.3 Å². The minimum absolute atomic E-state index is 0.120. The molecule has 0 saturated carbocycles. The van der Waals surface area contributed by atoms with Crippen LogP contribution in [0.15, 0.2) is 46.9 Å². The zero-order valence-corrected chi connectivity index (χ0v) is 18.4. The topological polar surface area (TPSA) is 92.4 Å². The second-order valence-corrected chi connectivity index (χ2v) is 8.88. The van der Waals surface area contributed by atoms with E-state index in [-0.39, 0.29) is 17.7 Å². The molecule has 0 fully saturated rings. The summed E-state index contributed by atoms with van der Waals surface area (Å²) < 4.78 is 10.9. The summed E-state index contributed by atoms with van der Waals surface area (Å²) in [5.74, 6) is -0.889. The van der Waals surface area contributed by atoms with Gasteiger partial charge in [-0.15, -0.1) is 11.3 Å². The van der Waals surface area contributed by atoms with Crippen LogP contribution in [-0.2, 0) is 17.6 Å². The Balaban J connectivity index is 1.58. The van der Waals surface area contributed by atoms with E-state index < -0.39 is 11.9 Å². The smallest absolute Gasteiger partial charge is 0.341 e. The predicted octanol–water partition coefficient (Wildman–Crippen LogP) is 5.43. The van der Waals surface area contributed by atoms with Gasteiger partial charge in [0.05, 0.1) is 12.2 Å². The molecule has 2 aromatic carbocycles. The SMILES string of the molecule is CCOC(=O)c1c(NC(=O)c2cc3c(ccc4ccccc43)oc2=N)sc2c1CCCC2. The minimum Gasteiger partial charge on any atom is -0.462 e. The van der Waals surface area contributed by atoms with Gasteiger partial charge in [0.25, 0.3) is 5.91 Å². The molecule has 2 N–H and O–H groups in total. The van der Waals surface area contributed by atoms with Crippen molar-refractivity contribution < 1.29 is 18.7 Å². The molecule has 1 aliphatic rings. The fraction of sp³-hybridized carbons (Fsp3) is 0.240. The third-order valence-corrected chi connectivity index (χ3v) is 7.01. The number of carbonyl (C=O) groups excluding carboxylic acids is 2. The van der Waals surface area contributed by atoms with Crippen LogP contribution < -0.4 is 10.9 Å². The highest BCUT2D eigenvalue weighted by Crippen LogP contribution is 2.39. The number of benzene rings is 2. The van der Waals surface area contributed by atoms with Crippen LogP contribution in [-0.4, -0.2) is 18.5 Å². The number of thiophene rings is 1. The number of hydrogen-bond donors (Lipinski definition) is 2. The molecule has 7 heteroatoms. The molecule has 1 aliphatic carbocycles. The highest BCUT2D eigenvalue weighted by Gasteiger charge is 2.28. The molecule has 6 nitrogen and oxygen atoms in total. The first-order valence-electron chi connectivity index (χ1n) is 10.7. The average Bonchev–Trinajstić information content (AvgIpc) is 3.16. The van der Waals surface area contributed by atoms with Crippen molar-refractivity contribution in [3.05, 3.63) is 69.6 Å². The Kier molecular flexibility index (Phi) is 5.27. The number of nitrogens with one attached hydrogen (secondary N) is 2. The summed E-state index contributed by atoms with van der Waals surface area (Å²) in [5.41, 5.74) is 1.88. The summed E-state index contributed by atoms with van der Waals surface area (Å²) in [6.07, 6.45) is 3.77. The fourth-order valence-corrected chi connectivity index (χ4v) is 5.57. The maximum Gasteiger partial charge on any atom is 0.341 e. The van der Waals surface area contributed by atoms with Gasteiger partial charge in [0.2, 0.25) is 5.55 Å². The lowest BCUT2D eigenvalue weighted by Gasteiger charge is -2.12. The zero-order chi connectivity index (χ0) is 22.2. The summed E-state index contributed by atoms with van der Waals surface area (Å²) in [7, 11) is 0. The second kappa shape index (κ2) is 8.24. The van der Waals surface area contributed by atoms with E-state index in [4.69, 9.17) is 14.6 Å². The number of esters is 1. The van der Waals surface area contributed by atoms with Crippen molar-refractivity contribution in [2.45, 2.75) is 32.6 Å². The van der Waals surface area contributed by atoms with Gasteiger partial charge in [-0.3, -0.25) is 10.2 Å². The van der Waals surface area contributed by atoms with Crippen LogP contribution in [0, 0.1) is 5.41 Å². The normalized spacial score (nSPS) is 13.2. The van der Waals surface area contributed by atoms with Crippen LogP contribution in [0.4, 0.5) is 5.00 Å². The standard InChI is InChI=1S/C25H22N2O4S/c1-2-30-25(29)21-16-9-5-6-10-20(16)32-24(21)27-23(28)18-13-17-15-8-4-3-7-14(15)11-12-19(17)31-22(18)26/h3-4,7-8,11-13,26H,2,5-6,9-10H2,1H3,(H,27,28). The van der Waals surface area contributed by atoms with Crippen molar-refractivity contribution in [1.29, 1.82) is 5.41 Å². The van der Waals surface area contributed by atoms with Crippen LogP contribution in [0.5, 0.6) is 0 Å². The van der Waals surface area contributed by atoms with Crippen molar-refractivity contribution in [3.8, 4) is 0 Å². The number of carbonyl (C=O) groups is 2. The summed E-state index contributed by atoms with van der Waals surface area (Å²) in [4.78, 5) is 27.0. The van der Waals surface area contributed by atoms with Crippen LogP contribution >= 0.6 is 11.3 Å². The first-order valence-corrected chi connectivity index (χ1v) is 11.5. The Hall–Kier alpha value is -3.45. The summed E-state index contributed by atoms with van der Waals surface area (Å²) in [6.45, 7) is 2.03. The van der Waals surface area contributed by atoms with E-state index in [1.807, 2.05) is 36.4 Å². The Bertz CT molecular complexity index is 1430. The zero-order valence-electron chi connectivity index (χ0n) is 17.6. The number of hydrogen-bond acceptors (Lipinski definition) is 6. The van der Waals surface area contributed by atoms with E-state index in [1.54, 1.807) is 13.0 Å². The number of aryl methyl sites for hydroxylation is 1. The number of ether oxygens (including phenoxy) is 1. The van der Waals surface area contributed by atoms with Gasteiger partial charge in [-0.05, 0) is 61.1 Å². The molecule has 0 atom stereocenters. The minimum atomic E-state index is -0.474. The quantitative estimate of drug-likeness (QED) is 0.323. The van der Waals surface area contributed by atoms with Gasteiger partial charge in [0, 0.05) is 10.3 Å². The van der Waals surface area contributed by atoms with E-state index in [1.165, 1.54) is 11.3 Å². The monoisotopic (exact) mass is 446 g/mol. The largest absolute Gasteiger partial charge is 0.462 e. The maximum absolute atomic E-state index is 13.2. The molecule has 0 spiro atoms. The highest BCUT2D eigenvalue weighted by atomic mass is 32.1. The number of amides is 1. The van der Waals surface area contributed by atoms with Crippen LogP contribution in [0.25, 0.3) is 21.7 Å². The van der Waals surface area contributed by atoms with E-state index in [2.05, 4.69) is 5.32 Å². The maximum atomic E-state index is 13.2. The lowest BCUT2D eigenvalue weighted by Crippen LogP contribution is -2.21. The van der Waals surface area contributed by atoms with Gasteiger partial charge in [0.1, 0.15) is 16.1 Å². The van der Waals surface area contributed by atoms with Crippen molar-refractivity contribution in [3.63, 3.8) is 0 Å². The van der Waals surface area contributed by atoms with Crippen LogP contribution in [0.3, 0.4) is 0 Å². The molecule has 0 radical (unpaired) electrons. The molecule has 4 aromatic rings. The summed E-state index contributed by atoms with van der Waals surface area (Å²) in [6, 6.07) is 13.3. The van der Waals surface area contributed by atoms with E-state index in [9.17, 15) is 9.59 Å². The molecular weight excluding hydrogens is 424 g/mol. The lowest BCUT2D eigenvalue weighted by molar-refractivity contribution is 0.0526. The van der Waals surface area contributed by atoms with Crippen molar-refractivity contribution in [2.75, 3.05) is 11.9 Å². The Morgan fingerprint density at radius 3 is 2.78 bits per heavy atom. The molecule has 5 rings (SSSR count). The average molecular weight is 447 g/mol. The molecule has 162 valence electrons. The number of rotatable bonds is 4. The molecule has 2 aromatic heterocycles. The van der Waals surface area contributed by atoms with Crippen LogP contribution in [0.1, 0.15) is 50.9 Å². The lowest BCUT2D eigenvalue weighted by atomic mass is 9.95. The van der Waals surface area contributed by atoms with Gasteiger partial charge >= 0.3 is 5.97 Å². The second-order valence-electron chi connectivity index (χ2n) is 7.78. The summed E-state index contributed by atoms with van der Waals surface area (Å²) >= 11 is 1.43. The van der Waals surface area contributed by atoms with Gasteiger partial charge in [-0.2, -0.15) is 0 Å². The van der Waals surface area contributed by atoms with Crippen molar-refractivity contribution >= 4 is 50.0 Å². The molecule has 0 bridgehead atoms. The van der Waals surface area contributed by atoms with Crippen molar-refractivity contribution in [1.82, 2.24) is 0 Å². The first-order chi connectivity index (χ1) is 15.6. The van der Waals surface area contributed by atoms with E-state index in [0.29, 0.717) is 16.1 Å². The van der Waals surface area contributed by atoms with Gasteiger partial charge in [0.15, 0.2) is 0 Å². The Morgan fingerprint density at radius 1 is 1.12 bits per heavy atom. The number of fused-ring (bicyclic) bond motifs is 4. The van der Waals surface area contributed by atoms with Crippen LogP contribution in [0.2, 0.25) is 0 Å². The molecule has 2 heterocycles. The Labute approximate surface area is 188 Å². The first kappa shape index (κ1) is 20.5. The molecule has 32 heavy (non-hydrogen) atoms. The molecular formula is C25H22N2O4S. The fourth-order valence-electron chi connectivity index (χ4n) is 4.30. The molecule has 1 amide bonds. The third-order valence-electron chi connectivity index (χ3n) is 5.80. The van der Waals surface area contributed by atoms with E-state index >= 15 is 0 Å². The van der Waals surface area contributed by atoms with Gasteiger partial charge < -0.3 is 14.5 Å². The molecule has 0 saturated heterocycles. The molecule has 0 unspecified atom stereocenters. The van der Waals surface area contributed by atoms with E-state index in [0.717, 1.165) is 52.3 Å². The van der Waals surface area contributed by atoms with Crippen molar-refractivity contribution in [2.24, 2.45) is 0 Å². The highest BCUT2D eigenvalue weighted by molar-refractivity contribution is 7.17. The third kappa shape index (κ3) is 3.48. The number of anilines is 1. The molecule has 0 aliphatic heterocycles. The predicted molar refractivity (Wildman–Crippen MR) is 124 cm³/mol.